The van der Waals surface area contributed by atoms with Gasteiger partial charge in [0.05, 0.1) is 16.7 Å². The van der Waals surface area contributed by atoms with Gasteiger partial charge in [-0.05, 0) is 32.0 Å². The molecule has 0 fully saturated rings. The zero-order valence-corrected chi connectivity index (χ0v) is 13.2. The normalized spacial score (nSPS) is 10.9. The maximum absolute atomic E-state index is 11.5. The Balaban J connectivity index is 2.33. The van der Waals surface area contributed by atoms with E-state index in [1.807, 2.05) is 6.07 Å². The fourth-order valence-corrected chi connectivity index (χ4v) is 1.85. The van der Waals surface area contributed by atoms with Gasteiger partial charge in [-0.25, -0.2) is 4.98 Å². The van der Waals surface area contributed by atoms with Crippen LogP contribution in [-0.4, -0.2) is 27.7 Å². The van der Waals surface area contributed by atoms with Crippen molar-refractivity contribution < 1.29 is 14.6 Å². The fourth-order valence-electron chi connectivity index (χ4n) is 1.85. The number of benzene rings is 1. The van der Waals surface area contributed by atoms with Crippen molar-refractivity contribution in [2.75, 3.05) is 12.3 Å². The van der Waals surface area contributed by atoms with E-state index in [4.69, 9.17) is 15.6 Å². The van der Waals surface area contributed by atoms with Gasteiger partial charge in [0.1, 0.15) is 18.4 Å². The molecule has 2 rings (SSSR count). The number of nitrogen functional groups attached to an aromatic ring is 1. The number of nitrogens with one attached hydrogen (secondary N) is 1. The number of carboxylic acid groups (broad SMARTS) is 1. The Labute approximate surface area is 137 Å². The number of aromatic amines is 1. The average molecular weight is 328 g/mol. The number of H-pyrrole nitrogens is 1. The Hall–Kier alpha value is -3.34. The molecular weight excluding hydrogens is 312 g/mol. The summed E-state index contributed by atoms with van der Waals surface area (Å²) in [5.41, 5.74) is 5.07. The van der Waals surface area contributed by atoms with Gasteiger partial charge in [0.2, 0.25) is 5.95 Å². The number of nitrogens with zero attached hydrogens (tertiary/aromatic N) is 2. The Morgan fingerprint density at radius 3 is 2.75 bits per heavy atom. The van der Waals surface area contributed by atoms with Crippen molar-refractivity contribution in [1.29, 1.82) is 5.26 Å². The first-order chi connectivity index (χ1) is 11.2. The monoisotopic (exact) mass is 328 g/mol. The lowest BCUT2D eigenvalue weighted by atomic mass is 9.95. The average Bonchev–Trinajstić information content (AvgIpc) is 2.51. The highest BCUT2D eigenvalue weighted by Gasteiger charge is 2.28. The van der Waals surface area contributed by atoms with Crippen molar-refractivity contribution in [3.63, 3.8) is 0 Å². The summed E-state index contributed by atoms with van der Waals surface area (Å²) < 4.78 is 5.48. The maximum Gasteiger partial charge on any atom is 0.312 e. The maximum atomic E-state index is 11.5. The summed E-state index contributed by atoms with van der Waals surface area (Å²) in [4.78, 5) is 28.9. The summed E-state index contributed by atoms with van der Waals surface area (Å²) in [6.45, 7) is 2.96. The fraction of sp³-hybridized carbons (Fsp3) is 0.250. The number of aliphatic carboxylic acids is 1. The first kappa shape index (κ1) is 17.0. The number of carboxylic acids is 1. The molecule has 0 saturated heterocycles. The highest BCUT2D eigenvalue weighted by Crippen LogP contribution is 2.27. The zero-order valence-electron chi connectivity index (χ0n) is 13.2. The summed E-state index contributed by atoms with van der Waals surface area (Å²) >= 11 is 0. The van der Waals surface area contributed by atoms with Gasteiger partial charge in [-0.15, -0.1) is 0 Å². The molecule has 24 heavy (non-hydrogen) atoms. The summed E-state index contributed by atoms with van der Waals surface area (Å²) in [5, 5.41) is 18.4. The largest absolute Gasteiger partial charge is 0.491 e. The van der Waals surface area contributed by atoms with Crippen LogP contribution in [0.4, 0.5) is 5.95 Å². The Morgan fingerprint density at radius 2 is 2.17 bits per heavy atom. The second-order valence-corrected chi connectivity index (χ2v) is 5.82. The van der Waals surface area contributed by atoms with E-state index in [0.717, 1.165) is 0 Å². The third-order valence-corrected chi connectivity index (χ3v) is 3.32. The first-order valence-electron chi connectivity index (χ1n) is 7.00. The number of hydrogen-bond donors (Lipinski definition) is 3. The Kier molecular flexibility index (Phi) is 4.55. The van der Waals surface area contributed by atoms with E-state index >= 15 is 0 Å². The van der Waals surface area contributed by atoms with E-state index in [1.165, 1.54) is 32.0 Å². The first-order valence-corrected chi connectivity index (χ1v) is 7.00. The third-order valence-electron chi connectivity index (χ3n) is 3.32. The van der Waals surface area contributed by atoms with Crippen LogP contribution in [0.5, 0.6) is 5.75 Å². The van der Waals surface area contributed by atoms with Crippen molar-refractivity contribution in [3.05, 3.63) is 40.2 Å². The molecular formula is C16H16N4O4. The molecule has 0 amide bonds. The molecule has 0 bridgehead atoms. The van der Waals surface area contributed by atoms with Gasteiger partial charge in [-0.3, -0.25) is 14.6 Å². The highest BCUT2D eigenvalue weighted by molar-refractivity contribution is 5.73. The third kappa shape index (κ3) is 3.70. The Morgan fingerprint density at radius 1 is 1.46 bits per heavy atom. The second kappa shape index (κ2) is 6.42. The summed E-state index contributed by atoms with van der Waals surface area (Å²) in [7, 11) is 0. The molecule has 0 aliphatic rings. The Bertz CT molecular complexity index is 880. The molecule has 0 atom stereocenters. The van der Waals surface area contributed by atoms with Crippen LogP contribution in [-0.2, 0) is 4.79 Å². The van der Waals surface area contributed by atoms with Crippen LogP contribution in [0.2, 0.25) is 0 Å². The molecule has 1 heterocycles. The number of nitriles is 1. The van der Waals surface area contributed by atoms with Crippen molar-refractivity contribution in [2.45, 2.75) is 13.8 Å². The topological polar surface area (TPSA) is 142 Å². The van der Waals surface area contributed by atoms with Gasteiger partial charge in [-0.1, -0.05) is 0 Å². The number of aromatic nitrogens is 2. The molecule has 1 aromatic carbocycles. The summed E-state index contributed by atoms with van der Waals surface area (Å²) in [6, 6.07) is 7.90. The van der Waals surface area contributed by atoms with E-state index in [2.05, 4.69) is 9.97 Å². The van der Waals surface area contributed by atoms with E-state index in [1.54, 1.807) is 6.07 Å². The minimum absolute atomic E-state index is 0.0282. The molecule has 2 aromatic rings. The zero-order chi connectivity index (χ0) is 17.9. The molecule has 124 valence electrons. The van der Waals surface area contributed by atoms with Gasteiger partial charge in [0, 0.05) is 11.6 Å². The summed E-state index contributed by atoms with van der Waals surface area (Å²) in [5.74, 6) is -0.770. The van der Waals surface area contributed by atoms with E-state index in [0.29, 0.717) is 11.3 Å². The van der Waals surface area contributed by atoms with Crippen molar-refractivity contribution in [1.82, 2.24) is 9.97 Å². The molecule has 8 heteroatoms. The number of hydrogen-bond acceptors (Lipinski definition) is 6. The van der Waals surface area contributed by atoms with Crippen LogP contribution in [0.1, 0.15) is 19.4 Å². The van der Waals surface area contributed by atoms with Gasteiger partial charge >= 0.3 is 5.97 Å². The number of nitrogens with two attached hydrogens (primary N) is 1. The summed E-state index contributed by atoms with van der Waals surface area (Å²) in [6.07, 6.45) is 0. The highest BCUT2D eigenvalue weighted by atomic mass is 16.5. The van der Waals surface area contributed by atoms with Crippen LogP contribution in [0, 0.1) is 16.7 Å². The van der Waals surface area contributed by atoms with Crippen molar-refractivity contribution in [3.8, 4) is 23.1 Å². The van der Waals surface area contributed by atoms with E-state index in [-0.39, 0.29) is 23.9 Å². The smallest absolute Gasteiger partial charge is 0.312 e. The molecule has 0 aliphatic carbocycles. The predicted molar refractivity (Wildman–Crippen MR) is 86.3 cm³/mol. The molecule has 8 nitrogen and oxygen atoms in total. The standard InChI is InChI=1S/C16H16N4O4/c1-16(2,14(22)23)8-24-12-4-3-9(5-10(12)7-17)11-6-13(21)20-15(18)19-11/h3-6H,8H2,1-2H3,(H,22,23)(H3,18,19,20,21). The molecule has 1 aromatic heterocycles. The van der Waals surface area contributed by atoms with Crippen LogP contribution in [0.25, 0.3) is 11.3 Å². The number of rotatable bonds is 5. The van der Waals surface area contributed by atoms with Gasteiger partial charge in [-0.2, -0.15) is 5.26 Å². The van der Waals surface area contributed by atoms with E-state index < -0.39 is 16.9 Å². The van der Waals surface area contributed by atoms with Crippen LogP contribution in [0.15, 0.2) is 29.1 Å². The number of ether oxygens (including phenoxy) is 1. The van der Waals surface area contributed by atoms with Crippen LogP contribution in [0.3, 0.4) is 0 Å². The minimum Gasteiger partial charge on any atom is -0.491 e. The molecule has 0 radical (unpaired) electrons. The predicted octanol–water partition coefficient (Wildman–Crippen LogP) is 1.38. The van der Waals surface area contributed by atoms with Gasteiger partial charge in [0.25, 0.3) is 5.56 Å². The van der Waals surface area contributed by atoms with Crippen LogP contribution >= 0.6 is 0 Å². The lowest BCUT2D eigenvalue weighted by Gasteiger charge is -2.20. The van der Waals surface area contributed by atoms with E-state index in [9.17, 15) is 14.9 Å². The lowest BCUT2D eigenvalue weighted by molar-refractivity contribution is -0.148. The molecule has 0 spiro atoms. The second-order valence-electron chi connectivity index (χ2n) is 5.82. The molecule has 4 N–H and O–H groups in total. The molecule has 0 saturated carbocycles. The number of anilines is 1. The van der Waals surface area contributed by atoms with Gasteiger partial charge in [0.15, 0.2) is 0 Å². The molecule has 0 aliphatic heterocycles. The van der Waals surface area contributed by atoms with Crippen LogP contribution < -0.4 is 16.0 Å². The number of carbonyl (C=O) groups is 1. The van der Waals surface area contributed by atoms with Crippen molar-refractivity contribution in [2.24, 2.45) is 5.41 Å². The SMILES string of the molecule is CC(C)(COc1ccc(-c2cc(=O)[nH]c(N)n2)cc1C#N)C(=O)O. The van der Waals surface area contributed by atoms with Crippen molar-refractivity contribution >= 4 is 11.9 Å². The van der Waals surface area contributed by atoms with Gasteiger partial charge < -0.3 is 15.6 Å². The minimum atomic E-state index is -1.09. The lowest BCUT2D eigenvalue weighted by Crippen LogP contribution is -2.30. The molecule has 0 unspecified atom stereocenters. The quantitative estimate of drug-likeness (QED) is 0.752.